The number of hydrogen-bond donors (Lipinski definition) is 2. The SMILES string of the molecule is Cc1ccc(Cl)cc1NC(=O)/C(=C/c1cccnc1Cl)C(=O)Nc1ccccc1. The number of nitrogens with zero attached hydrogens (tertiary/aromatic N) is 1. The lowest BCUT2D eigenvalue weighted by Gasteiger charge is -2.12. The van der Waals surface area contributed by atoms with Crippen molar-refractivity contribution in [2.24, 2.45) is 0 Å². The van der Waals surface area contributed by atoms with Crippen LogP contribution in [0.4, 0.5) is 11.4 Å². The number of halogens is 2. The van der Waals surface area contributed by atoms with Crippen LogP contribution in [0.5, 0.6) is 0 Å². The lowest BCUT2D eigenvalue weighted by molar-refractivity contribution is -0.118. The summed E-state index contributed by atoms with van der Waals surface area (Å²) in [6.45, 7) is 1.83. The Morgan fingerprint density at radius 2 is 1.66 bits per heavy atom. The van der Waals surface area contributed by atoms with E-state index in [1.807, 2.05) is 13.0 Å². The highest BCUT2D eigenvalue weighted by molar-refractivity contribution is 6.33. The minimum atomic E-state index is -0.594. The molecule has 0 bridgehead atoms. The van der Waals surface area contributed by atoms with Crippen molar-refractivity contribution >= 4 is 52.5 Å². The highest BCUT2D eigenvalue weighted by Crippen LogP contribution is 2.22. The smallest absolute Gasteiger partial charge is 0.261 e. The van der Waals surface area contributed by atoms with Gasteiger partial charge in [0.05, 0.1) is 0 Å². The van der Waals surface area contributed by atoms with Crippen LogP contribution >= 0.6 is 23.2 Å². The first-order valence-corrected chi connectivity index (χ1v) is 9.46. The monoisotopic (exact) mass is 425 g/mol. The maximum atomic E-state index is 13.0. The molecular formula is C22H17Cl2N3O2. The molecule has 7 heteroatoms. The van der Waals surface area contributed by atoms with Crippen molar-refractivity contribution in [1.82, 2.24) is 4.98 Å². The first kappa shape index (κ1) is 20.6. The molecule has 5 nitrogen and oxygen atoms in total. The van der Waals surface area contributed by atoms with E-state index in [0.29, 0.717) is 22.0 Å². The molecule has 1 heterocycles. The molecule has 3 rings (SSSR count). The van der Waals surface area contributed by atoms with Crippen molar-refractivity contribution in [2.45, 2.75) is 6.92 Å². The zero-order valence-electron chi connectivity index (χ0n) is 15.4. The molecule has 2 N–H and O–H groups in total. The predicted octanol–water partition coefficient (Wildman–Crippen LogP) is 5.36. The Labute approximate surface area is 178 Å². The third-order valence-corrected chi connectivity index (χ3v) is 4.61. The summed E-state index contributed by atoms with van der Waals surface area (Å²) < 4.78 is 0. The Morgan fingerprint density at radius 1 is 0.931 bits per heavy atom. The highest BCUT2D eigenvalue weighted by Gasteiger charge is 2.20. The van der Waals surface area contributed by atoms with Crippen LogP contribution in [-0.2, 0) is 9.59 Å². The Balaban J connectivity index is 1.95. The second-order valence-corrected chi connectivity index (χ2v) is 6.97. The number of aryl methyl sites for hydroxylation is 1. The van der Waals surface area contributed by atoms with E-state index in [1.54, 1.807) is 54.6 Å². The number of hydrogen-bond acceptors (Lipinski definition) is 3. The molecule has 2 aromatic carbocycles. The normalized spacial score (nSPS) is 11.1. The van der Waals surface area contributed by atoms with Gasteiger partial charge < -0.3 is 10.6 Å². The first-order valence-electron chi connectivity index (χ1n) is 8.70. The molecule has 146 valence electrons. The molecule has 0 aliphatic carbocycles. The van der Waals surface area contributed by atoms with Crippen LogP contribution in [-0.4, -0.2) is 16.8 Å². The van der Waals surface area contributed by atoms with Crippen molar-refractivity contribution in [1.29, 1.82) is 0 Å². The van der Waals surface area contributed by atoms with Crippen LogP contribution in [0.1, 0.15) is 11.1 Å². The van der Waals surface area contributed by atoms with Gasteiger partial charge in [0, 0.05) is 28.2 Å². The van der Waals surface area contributed by atoms with Gasteiger partial charge in [0.2, 0.25) is 0 Å². The summed E-state index contributed by atoms with van der Waals surface area (Å²) >= 11 is 12.1. The molecule has 2 amide bonds. The topological polar surface area (TPSA) is 71.1 Å². The summed E-state index contributed by atoms with van der Waals surface area (Å²) in [7, 11) is 0. The van der Waals surface area contributed by atoms with E-state index in [2.05, 4.69) is 15.6 Å². The van der Waals surface area contributed by atoms with Crippen LogP contribution in [0.25, 0.3) is 6.08 Å². The first-order chi connectivity index (χ1) is 13.9. The van der Waals surface area contributed by atoms with Gasteiger partial charge >= 0.3 is 0 Å². The molecule has 0 spiro atoms. The molecule has 0 atom stereocenters. The maximum Gasteiger partial charge on any atom is 0.261 e. The van der Waals surface area contributed by atoms with Crippen molar-refractivity contribution in [2.75, 3.05) is 10.6 Å². The summed E-state index contributed by atoms with van der Waals surface area (Å²) in [5.74, 6) is -1.17. The number of carbonyl (C=O) groups excluding carboxylic acids is 2. The van der Waals surface area contributed by atoms with Gasteiger partial charge in [-0.1, -0.05) is 53.5 Å². The average Bonchev–Trinajstić information content (AvgIpc) is 2.70. The van der Waals surface area contributed by atoms with Crippen LogP contribution in [0.3, 0.4) is 0 Å². The molecule has 0 saturated heterocycles. The lowest BCUT2D eigenvalue weighted by atomic mass is 10.1. The van der Waals surface area contributed by atoms with Crippen molar-refractivity contribution in [3.05, 3.63) is 93.7 Å². The van der Waals surface area contributed by atoms with Crippen molar-refractivity contribution < 1.29 is 9.59 Å². The fourth-order valence-corrected chi connectivity index (χ4v) is 2.88. The average molecular weight is 426 g/mol. The van der Waals surface area contributed by atoms with Gasteiger partial charge in [-0.15, -0.1) is 0 Å². The predicted molar refractivity (Wildman–Crippen MR) is 117 cm³/mol. The van der Waals surface area contributed by atoms with Crippen LogP contribution < -0.4 is 10.6 Å². The van der Waals surface area contributed by atoms with E-state index in [1.165, 1.54) is 12.3 Å². The minimum absolute atomic E-state index is 0.122. The van der Waals surface area contributed by atoms with Crippen molar-refractivity contribution in [3.8, 4) is 0 Å². The molecule has 0 fully saturated rings. The molecule has 0 aliphatic heterocycles. The Hall–Kier alpha value is -3.15. The highest BCUT2D eigenvalue weighted by atomic mass is 35.5. The lowest BCUT2D eigenvalue weighted by Crippen LogP contribution is -2.25. The summed E-state index contributed by atoms with van der Waals surface area (Å²) in [5, 5.41) is 6.12. The second-order valence-electron chi connectivity index (χ2n) is 6.17. The Kier molecular flexibility index (Phi) is 6.65. The van der Waals surface area contributed by atoms with Gasteiger partial charge in [-0.25, -0.2) is 4.98 Å². The van der Waals surface area contributed by atoms with Crippen LogP contribution in [0, 0.1) is 6.92 Å². The van der Waals surface area contributed by atoms with Gasteiger partial charge in [0.1, 0.15) is 10.7 Å². The number of pyridine rings is 1. The van der Waals surface area contributed by atoms with Crippen LogP contribution in [0.2, 0.25) is 10.2 Å². The fraction of sp³-hybridized carbons (Fsp3) is 0.0455. The minimum Gasteiger partial charge on any atom is -0.322 e. The summed E-state index contributed by atoms with van der Waals surface area (Å²) in [4.78, 5) is 29.8. The zero-order valence-corrected chi connectivity index (χ0v) is 17.0. The van der Waals surface area contributed by atoms with E-state index in [-0.39, 0.29) is 10.7 Å². The standard InChI is InChI=1S/C22H17Cl2N3O2/c1-14-9-10-16(23)13-19(14)27-22(29)18(12-15-6-5-11-25-20(15)24)21(28)26-17-7-3-2-4-8-17/h2-13H,1H3,(H,26,28)(H,27,29)/b18-12+. The van der Waals surface area contributed by atoms with Gasteiger partial charge in [-0.05, 0) is 48.9 Å². The van der Waals surface area contributed by atoms with Gasteiger partial charge in [-0.3, -0.25) is 9.59 Å². The summed E-state index contributed by atoms with van der Waals surface area (Å²) in [6, 6.07) is 17.3. The van der Waals surface area contributed by atoms with Crippen molar-refractivity contribution in [3.63, 3.8) is 0 Å². The van der Waals surface area contributed by atoms with E-state index in [0.717, 1.165) is 5.56 Å². The molecule has 3 aromatic rings. The van der Waals surface area contributed by atoms with E-state index < -0.39 is 11.8 Å². The number of benzene rings is 2. The number of rotatable bonds is 5. The van der Waals surface area contributed by atoms with Gasteiger partial charge in [-0.2, -0.15) is 0 Å². The molecule has 29 heavy (non-hydrogen) atoms. The molecule has 0 unspecified atom stereocenters. The van der Waals surface area contributed by atoms with Gasteiger partial charge in [0.25, 0.3) is 11.8 Å². The largest absolute Gasteiger partial charge is 0.322 e. The second kappa shape index (κ2) is 9.37. The summed E-state index contributed by atoms with van der Waals surface area (Å²) in [6.07, 6.45) is 2.93. The molecule has 0 aliphatic rings. The number of amides is 2. The number of nitrogens with one attached hydrogen (secondary N) is 2. The maximum absolute atomic E-state index is 13.0. The number of anilines is 2. The third-order valence-electron chi connectivity index (χ3n) is 4.06. The molecule has 1 aromatic heterocycles. The van der Waals surface area contributed by atoms with Gasteiger partial charge in [0.15, 0.2) is 0 Å². The van der Waals surface area contributed by atoms with E-state index >= 15 is 0 Å². The number of carbonyl (C=O) groups is 2. The number of para-hydroxylation sites is 1. The van der Waals surface area contributed by atoms with E-state index in [4.69, 9.17) is 23.2 Å². The Bertz CT molecular complexity index is 1080. The molecular weight excluding hydrogens is 409 g/mol. The van der Waals surface area contributed by atoms with Crippen LogP contribution in [0.15, 0.2) is 72.4 Å². The summed E-state index contributed by atoms with van der Waals surface area (Å²) in [5.41, 5.74) is 2.21. The zero-order chi connectivity index (χ0) is 20.8. The Morgan fingerprint density at radius 3 is 2.38 bits per heavy atom. The number of aromatic nitrogens is 1. The van der Waals surface area contributed by atoms with E-state index in [9.17, 15) is 9.59 Å². The third kappa shape index (κ3) is 5.44. The fourth-order valence-electron chi connectivity index (χ4n) is 2.53. The molecule has 0 saturated carbocycles. The quantitative estimate of drug-likeness (QED) is 0.250. The molecule has 0 radical (unpaired) electrons.